The first-order valence-electron chi connectivity index (χ1n) is 3.43. The molecule has 0 amide bonds. The molecule has 1 aromatic rings. The van der Waals surface area contributed by atoms with E-state index in [2.05, 4.69) is 15.9 Å². The molecule has 1 rings (SSSR count). The summed E-state index contributed by atoms with van der Waals surface area (Å²) in [6.45, 7) is 0. The summed E-state index contributed by atoms with van der Waals surface area (Å²) >= 11 is 0.905. The lowest BCUT2D eigenvalue weighted by atomic mass is 10.4. The van der Waals surface area contributed by atoms with Gasteiger partial charge in [0.05, 0.1) is 9.79 Å². The van der Waals surface area contributed by atoms with Gasteiger partial charge in [0.2, 0.25) is 0 Å². The van der Waals surface area contributed by atoms with Gasteiger partial charge in [-0.25, -0.2) is 12.6 Å². The molecular weight excluding hydrogens is 292 g/mol. The molecule has 0 heterocycles. The predicted octanol–water partition coefficient (Wildman–Crippen LogP) is 1.43. The van der Waals surface area contributed by atoms with E-state index in [9.17, 15) is 12.6 Å². The van der Waals surface area contributed by atoms with Gasteiger partial charge in [-0.3, -0.25) is 0 Å². The third-order valence-corrected chi connectivity index (χ3v) is 4.28. The monoisotopic (exact) mass is 298 g/mol. The molecular formula is C7H7BrO4S2. The van der Waals surface area contributed by atoms with Crippen molar-refractivity contribution in [3.8, 4) is 0 Å². The van der Waals surface area contributed by atoms with E-state index in [1.807, 2.05) is 0 Å². The Morgan fingerprint density at radius 1 is 1.43 bits per heavy atom. The minimum atomic E-state index is -3.28. The molecule has 0 radical (unpaired) electrons. The minimum Gasteiger partial charge on any atom is -0.302 e. The van der Waals surface area contributed by atoms with Crippen molar-refractivity contribution in [3.05, 3.63) is 22.7 Å². The molecule has 0 aliphatic carbocycles. The zero-order valence-electron chi connectivity index (χ0n) is 7.10. The molecule has 4 nitrogen and oxygen atoms in total. The maximum absolute atomic E-state index is 11.1. The van der Waals surface area contributed by atoms with Gasteiger partial charge in [-0.15, -0.1) is 0 Å². The standard InChI is InChI=1S/C7H7BrO4S2/c1-14(11,12)5-2-3-7(13(9)10)6(8)4-5/h2-4H,1H3,(H,9,10). The fraction of sp³-hybridized carbons (Fsp3) is 0.143. The van der Waals surface area contributed by atoms with Crippen molar-refractivity contribution < 1.29 is 17.2 Å². The molecule has 7 heteroatoms. The first-order valence-corrected chi connectivity index (χ1v) is 7.22. The topological polar surface area (TPSA) is 71.4 Å². The van der Waals surface area contributed by atoms with E-state index in [-0.39, 0.29) is 9.79 Å². The van der Waals surface area contributed by atoms with Gasteiger partial charge in [-0.1, -0.05) is 0 Å². The summed E-state index contributed by atoms with van der Waals surface area (Å²) in [5, 5.41) is 0. The first-order chi connectivity index (χ1) is 6.32. The lowest BCUT2D eigenvalue weighted by molar-refractivity contribution is 0.563. The maximum Gasteiger partial charge on any atom is 0.187 e. The Hall–Kier alpha value is -0.240. The first kappa shape index (κ1) is 11.8. The molecule has 0 spiro atoms. The number of rotatable bonds is 2. The van der Waals surface area contributed by atoms with Gasteiger partial charge in [0.15, 0.2) is 20.9 Å². The van der Waals surface area contributed by atoms with E-state index in [0.717, 1.165) is 6.26 Å². The van der Waals surface area contributed by atoms with Crippen LogP contribution in [0.2, 0.25) is 0 Å². The highest BCUT2D eigenvalue weighted by Crippen LogP contribution is 2.23. The molecule has 1 N–H and O–H groups in total. The molecule has 0 saturated carbocycles. The second kappa shape index (κ2) is 4.09. The third-order valence-electron chi connectivity index (χ3n) is 1.52. The Balaban J connectivity index is 3.34. The van der Waals surface area contributed by atoms with Gasteiger partial charge < -0.3 is 4.55 Å². The summed E-state index contributed by atoms with van der Waals surface area (Å²) in [5.41, 5.74) is 0. The Morgan fingerprint density at radius 3 is 2.36 bits per heavy atom. The number of sulfone groups is 1. The smallest absolute Gasteiger partial charge is 0.187 e. The fourth-order valence-corrected chi connectivity index (χ4v) is 2.86. The Bertz CT molecular complexity index is 480. The van der Waals surface area contributed by atoms with Crippen molar-refractivity contribution in [1.82, 2.24) is 0 Å². The van der Waals surface area contributed by atoms with Crippen LogP contribution in [0.15, 0.2) is 32.5 Å². The van der Waals surface area contributed by atoms with E-state index < -0.39 is 20.9 Å². The molecule has 0 aliphatic rings. The van der Waals surface area contributed by atoms with Gasteiger partial charge in [-0.2, -0.15) is 0 Å². The summed E-state index contributed by atoms with van der Waals surface area (Å²) in [6, 6.07) is 3.90. The number of halogens is 1. The lowest BCUT2D eigenvalue weighted by Gasteiger charge is -2.02. The summed E-state index contributed by atoms with van der Waals surface area (Å²) < 4.78 is 42.0. The van der Waals surface area contributed by atoms with Crippen molar-refractivity contribution in [2.24, 2.45) is 0 Å². The SMILES string of the molecule is CS(=O)(=O)c1ccc(S(=O)O)c(Br)c1. The van der Waals surface area contributed by atoms with E-state index in [0.29, 0.717) is 4.47 Å². The molecule has 1 atom stereocenters. The van der Waals surface area contributed by atoms with Crippen molar-refractivity contribution in [2.45, 2.75) is 9.79 Å². The van der Waals surface area contributed by atoms with Gasteiger partial charge in [-0.05, 0) is 34.1 Å². The minimum absolute atomic E-state index is 0.110. The summed E-state index contributed by atoms with van der Waals surface area (Å²) in [5.74, 6) is 0. The molecule has 14 heavy (non-hydrogen) atoms. The van der Waals surface area contributed by atoms with Gasteiger partial charge in [0.25, 0.3) is 0 Å². The normalized spacial score (nSPS) is 13.9. The van der Waals surface area contributed by atoms with Gasteiger partial charge >= 0.3 is 0 Å². The van der Waals surface area contributed by atoms with Crippen LogP contribution in [0.4, 0.5) is 0 Å². The predicted molar refractivity (Wildman–Crippen MR) is 56.3 cm³/mol. The zero-order valence-corrected chi connectivity index (χ0v) is 10.3. The highest BCUT2D eigenvalue weighted by atomic mass is 79.9. The second-order valence-electron chi connectivity index (χ2n) is 2.61. The van der Waals surface area contributed by atoms with Crippen LogP contribution < -0.4 is 0 Å². The van der Waals surface area contributed by atoms with Crippen molar-refractivity contribution in [3.63, 3.8) is 0 Å². The van der Waals surface area contributed by atoms with Crippen LogP contribution in [0.5, 0.6) is 0 Å². The molecule has 0 saturated heterocycles. The number of benzene rings is 1. The third kappa shape index (κ3) is 2.63. The maximum atomic E-state index is 11.1. The van der Waals surface area contributed by atoms with Crippen LogP contribution in [-0.2, 0) is 20.9 Å². The van der Waals surface area contributed by atoms with Gasteiger partial charge in [0.1, 0.15) is 0 Å². The quantitative estimate of drug-likeness (QED) is 0.839. The van der Waals surface area contributed by atoms with Crippen molar-refractivity contribution >= 4 is 36.8 Å². The highest BCUT2D eigenvalue weighted by Gasteiger charge is 2.11. The van der Waals surface area contributed by atoms with Crippen molar-refractivity contribution in [2.75, 3.05) is 6.26 Å². The molecule has 0 fully saturated rings. The largest absolute Gasteiger partial charge is 0.302 e. The number of hydrogen-bond donors (Lipinski definition) is 1. The Morgan fingerprint density at radius 2 is 2.00 bits per heavy atom. The van der Waals surface area contributed by atoms with E-state index in [1.165, 1.54) is 18.2 Å². The summed E-state index contributed by atoms with van der Waals surface area (Å²) in [7, 11) is -3.28. The lowest BCUT2D eigenvalue weighted by Crippen LogP contribution is -1.98. The molecule has 1 unspecified atom stereocenters. The van der Waals surface area contributed by atoms with E-state index >= 15 is 0 Å². The Kier molecular flexibility index (Phi) is 3.46. The molecule has 0 bridgehead atoms. The van der Waals surface area contributed by atoms with Crippen LogP contribution in [0.3, 0.4) is 0 Å². The molecule has 1 aromatic carbocycles. The highest BCUT2D eigenvalue weighted by molar-refractivity contribution is 9.10. The zero-order chi connectivity index (χ0) is 10.9. The summed E-state index contributed by atoms with van der Waals surface area (Å²) in [6.07, 6.45) is 1.07. The van der Waals surface area contributed by atoms with Crippen molar-refractivity contribution in [1.29, 1.82) is 0 Å². The second-order valence-corrected chi connectivity index (χ2v) is 6.42. The van der Waals surface area contributed by atoms with Crippen LogP contribution in [0.1, 0.15) is 0 Å². The average Bonchev–Trinajstić information content (AvgIpc) is 2.01. The number of hydrogen-bond acceptors (Lipinski definition) is 3. The molecule has 0 aromatic heterocycles. The van der Waals surface area contributed by atoms with Crippen LogP contribution in [0.25, 0.3) is 0 Å². The summed E-state index contributed by atoms with van der Waals surface area (Å²) in [4.78, 5) is 0.260. The average molecular weight is 299 g/mol. The Labute approximate surface area is 92.7 Å². The van der Waals surface area contributed by atoms with Crippen LogP contribution in [-0.4, -0.2) is 23.4 Å². The molecule has 0 aliphatic heterocycles. The fourth-order valence-electron chi connectivity index (χ4n) is 0.854. The van der Waals surface area contributed by atoms with Crippen LogP contribution >= 0.6 is 15.9 Å². The van der Waals surface area contributed by atoms with Crippen LogP contribution in [0, 0.1) is 0 Å². The van der Waals surface area contributed by atoms with Gasteiger partial charge in [0, 0.05) is 10.7 Å². The van der Waals surface area contributed by atoms with E-state index in [4.69, 9.17) is 4.55 Å². The molecule has 78 valence electrons. The van der Waals surface area contributed by atoms with E-state index in [1.54, 1.807) is 0 Å².